The summed E-state index contributed by atoms with van der Waals surface area (Å²) in [6.45, 7) is 3.93. The van der Waals surface area contributed by atoms with Gasteiger partial charge < -0.3 is 23.9 Å². The van der Waals surface area contributed by atoms with Gasteiger partial charge in [-0.3, -0.25) is 0 Å². The third-order valence-corrected chi connectivity index (χ3v) is 6.16. The minimum Gasteiger partial charge on any atom is -0.507 e. The number of rotatable bonds is 5. The van der Waals surface area contributed by atoms with E-state index in [2.05, 4.69) is 6.92 Å². The summed E-state index contributed by atoms with van der Waals surface area (Å²) in [5.41, 5.74) is 1.68. The molecule has 1 aliphatic heterocycles. The Hall–Kier alpha value is -2.99. The Morgan fingerprint density at radius 3 is 2.67 bits per heavy atom. The zero-order valence-corrected chi connectivity index (χ0v) is 17.7. The zero-order valence-electron chi connectivity index (χ0n) is 17.7. The van der Waals surface area contributed by atoms with Crippen molar-refractivity contribution in [1.82, 2.24) is 0 Å². The largest absolute Gasteiger partial charge is 0.507 e. The Kier molecular flexibility index (Phi) is 5.68. The number of aromatic hydroxyl groups is 1. The number of likely N-dealkylation sites (tertiary alicyclic amines) is 1. The molecule has 2 heterocycles. The number of hydrogen-bond donors (Lipinski definition) is 2. The number of fused-ring (bicyclic) bond motifs is 1. The average Bonchev–Trinajstić information content (AvgIpc) is 2.76. The number of ether oxygens (including phenoxy) is 2. The highest BCUT2D eigenvalue weighted by Gasteiger charge is 2.25. The molecule has 0 saturated carbocycles. The molecule has 0 radical (unpaired) electrons. The molecule has 4 rings (SSSR count). The summed E-state index contributed by atoms with van der Waals surface area (Å²) in [5, 5.41) is 11.3. The lowest BCUT2D eigenvalue weighted by molar-refractivity contribution is -0.941. The molecule has 1 unspecified atom stereocenters. The van der Waals surface area contributed by atoms with Gasteiger partial charge in [0.1, 0.15) is 23.8 Å². The van der Waals surface area contributed by atoms with Crippen LogP contribution in [0.2, 0.25) is 0 Å². The van der Waals surface area contributed by atoms with E-state index in [0.717, 1.165) is 11.9 Å². The van der Waals surface area contributed by atoms with Gasteiger partial charge in [0, 0.05) is 10.9 Å². The summed E-state index contributed by atoms with van der Waals surface area (Å²) in [4.78, 5) is 14.4. The normalized spacial score (nSPS) is 19.0. The molecule has 0 bridgehead atoms. The Morgan fingerprint density at radius 2 is 1.93 bits per heavy atom. The van der Waals surface area contributed by atoms with Crippen LogP contribution in [0.25, 0.3) is 22.1 Å². The molecule has 3 aromatic rings. The predicted molar refractivity (Wildman–Crippen MR) is 116 cm³/mol. The highest BCUT2D eigenvalue weighted by atomic mass is 16.5. The molecule has 1 fully saturated rings. The van der Waals surface area contributed by atoms with Crippen LogP contribution in [0.5, 0.6) is 17.2 Å². The number of hydrogen-bond acceptors (Lipinski definition) is 5. The SMILES string of the molecule is COc1ccc(OC)c(-c2cc3ccc(O)c(C[NH+]4CCCC[C@@H]4C)c3oc2=O)c1. The molecule has 2 N–H and O–H groups in total. The van der Waals surface area contributed by atoms with Gasteiger partial charge in [0.05, 0.1) is 37.9 Å². The minimum absolute atomic E-state index is 0.169. The first-order valence-electron chi connectivity index (χ1n) is 10.4. The lowest BCUT2D eigenvalue weighted by Crippen LogP contribution is -3.14. The molecule has 1 saturated heterocycles. The molecule has 2 aromatic carbocycles. The van der Waals surface area contributed by atoms with Crippen LogP contribution in [-0.2, 0) is 6.54 Å². The van der Waals surface area contributed by atoms with Gasteiger partial charge in [-0.15, -0.1) is 0 Å². The fourth-order valence-electron chi connectivity index (χ4n) is 4.36. The summed E-state index contributed by atoms with van der Waals surface area (Å²) in [6.07, 6.45) is 3.59. The second kappa shape index (κ2) is 8.40. The van der Waals surface area contributed by atoms with Gasteiger partial charge in [0.2, 0.25) is 0 Å². The van der Waals surface area contributed by atoms with Crippen LogP contribution in [-0.4, -0.2) is 31.9 Å². The van der Waals surface area contributed by atoms with Crippen molar-refractivity contribution < 1.29 is 23.9 Å². The third-order valence-electron chi connectivity index (χ3n) is 6.16. The molecule has 6 heteroatoms. The fraction of sp³-hybridized carbons (Fsp3) is 0.375. The van der Waals surface area contributed by atoms with Crippen LogP contribution in [0.4, 0.5) is 0 Å². The predicted octanol–water partition coefficient (Wildman–Crippen LogP) is 3.14. The minimum atomic E-state index is -0.470. The van der Waals surface area contributed by atoms with Gasteiger partial charge in [-0.05, 0) is 62.6 Å². The summed E-state index contributed by atoms with van der Waals surface area (Å²) in [5.74, 6) is 1.36. The Bertz CT molecular complexity index is 1120. The van der Waals surface area contributed by atoms with E-state index in [-0.39, 0.29) is 5.75 Å². The summed E-state index contributed by atoms with van der Waals surface area (Å²) < 4.78 is 16.5. The summed E-state index contributed by atoms with van der Waals surface area (Å²) in [6, 6.07) is 11.1. The molecule has 158 valence electrons. The van der Waals surface area contributed by atoms with E-state index in [0.29, 0.717) is 46.4 Å². The molecular weight excluding hydrogens is 382 g/mol. The van der Waals surface area contributed by atoms with Crippen molar-refractivity contribution in [2.24, 2.45) is 0 Å². The number of quaternary nitrogens is 1. The van der Waals surface area contributed by atoms with E-state index < -0.39 is 5.63 Å². The van der Waals surface area contributed by atoms with Crippen molar-refractivity contribution in [3.63, 3.8) is 0 Å². The van der Waals surface area contributed by atoms with Gasteiger partial charge >= 0.3 is 5.63 Å². The van der Waals surface area contributed by atoms with Crippen molar-refractivity contribution in [2.45, 2.75) is 38.8 Å². The van der Waals surface area contributed by atoms with E-state index in [1.807, 2.05) is 0 Å². The molecule has 0 spiro atoms. The third kappa shape index (κ3) is 3.75. The van der Waals surface area contributed by atoms with E-state index in [4.69, 9.17) is 13.9 Å². The molecule has 1 aliphatic rings. The second-order valence-electron chi connectivity index (χ2n) is 7.98. The van der Waals surface area contributed by atoms with Crippen molar-refractivity contribution in [3.8, 4) is 28.4 Å². The highest BCUT2D eigenvalue weighted by molar-refractivity contribution is 5.86. The number of methoxy groups -OCH3 is 2. The van der Waals surface area contributed by atoms with Crippen LogP contribution in [0.3, 0.4) is 0 Å². The standard InChI is InChI=1S/C24H27NO5/c1-15-6-4-5-11-25(15)14-20-21(26)9-7-16-12-19(24(27)30-23(16)20)18-13-17(28-2)8-10-22(18)29-3/h7-10,12-13,15,26H,4-6,11,14H2,1-3H3/p+1/t15-/m0/s1. The van der Waals surface area contributed by atoms with Crippen molar-refractivity contribution in [2.75, 3.05) is 20.8 Å². The number of benzene rings is 2. The molecular formula is C24H28NO5+. The van der Waals surface area contributed by atoms with Gasteiger partial charge in [0.15, 0.2) is 5.58 Å². The Balaban J connectivity index is 1.83. The van der Waals surface area contributed by atoms with E-state index in [1.54, 1.807) is 50.6 Å². The summed E-state index contributed by atoms with van der Waals surface area (Å²) in [7, 11) is 3.14. The maximum Gasteiger partial charge on any atom is 0.344 e. The average molecular weight is 410 g/mol. The molecule has 0 amide bonds. The van der Waals surface area contributed by atoms with Crippen LogP contribution in [0.15, 0.2) is 45.6 Å². The fourth-order valence-corrected chi connectivity index (χ4v) is 4.36. The first-order chi connectivity index (χ1) is 14.5. The number of piperidine rings is 1. The van der Waals surface area contributed by atoms with Crippen molar-refractivity contribution >= 4 is 11.0 Å². The Morgan fingerprint density at radius 1 is 1.10 bits per heavy atom. The number of nitrogens with one attached hydrogen (secondary N) is 1. The summed E-state index contributed by atoms with van der Waals surface area (Å²) >= 11 is 0. The first-order valence-corrected chi connectivity index (χ1v) is 10.4. The maximum absolute atomic E-state index is 13.0. The number of phenols is 1. The van der Waals surface area contributed by atoms with Gasteiger partial charge in [-0.25, -0.2) is 4.79 Å². The monoisotopic (exact) mass is 410 g/mol. The van der Waals surface area contributed by atoms with E-state index in [9.17, 15) is 9.90 Å². The molecule has 2 atom stereocenters. The maximum atomic E-state index is 13.0. The zero-order chi connectivity index (χ0) is 21.3. The smallest absolute Gasteiger partial charge is 0.344 e. The molecule has 6 nitrogen and oxygen atoms in total. The first kappa shape index (κ1) is 20.3. The Labute approximate surface area is 175 Å². The van der Waals surface area contributed by atoms with E-state index >= 15 is 0 Å². The van der Waals surface area contributed by atoms with Gasteiger partial charge in [0.25, 0.3) is 0 Å². The van der Waals surface area contributed by atoms with Crippen LogP contribution < -0.4 is 20.0 Å². The second-order valence-corrected chi connectivity index (χ2v) is 7.98. The molecule has 0 aliphatic carbocycles. The quantitative estimate of drug-likeness (QED) is 0.632. The van der Waals surface area contributed by atoms with Crippen molar-refractivity contribution in [1.29, 1.82) is 0 Å². The van der Waals surface area contributed by atoms with Crippen LogP contribution in [0, 0.1) is 0 Å². The van der Waals surface area contributed by atoms with Gasteiger partial charge in [-0.1, -0.05) is 0 Å². The highest BCUT2D eigenvalue weighted by Crippen LogP contribution is 2.34. The molecule has 30 heavy (non-hydrogen) atoms. The van der Waals surface area contributed by atoms with Crippen molar-refractivity contribution in [3.05, 3.63) is 52.4 Å². The molecule has 1 aromatic heterocycles. The number of phenolic OH excluding ortho intramolecular Hbond substituents is 1. The van der Waals surface area contributed by atoms with E-state index in [1.165, 1.54) is 24.2 Å². The van der Waals surface area contributed by atoms with Gasteiger partial charge in [-0.2, -0.15) is 0 Å². The lowest BCUT2D eigenvalue weighted by Gasteiger charge is -2.30. The van der Waals surface area contributed by atoms with Crippen LogP contribution >= 0.6 is 0 Å². The topological polar surface area (TPSA) is 73.3 Å². The lowest BCUT2D eigenvalue weighted by atomic mass is 10.0. The van der Waals surface area contributed by atoms with Crippen LogP contribution in [0.1, 0.15) is 31.7 Å².